The maximum absolute atomic E-state index is 9.41. The molecule has 1 aliphatic heterocycles. The van der Waals surface area contributed by atoms with E-state index < -0.39 is 11.7 Å². The van der Waals surface area contributed by atoms with Crippen molar-refractivity contribution in [2.45, 2.75) is 30.8 Å². The summed E-state index contributed by atoms with van der Waals surface area (Å²) < 4.78 is 5.16. The summed E-state index contributed by atoms with van der Waals surface area (Å²) in [4.78, 5) is 0. The zero-order valence-corrected chi connectivity index (χ0v) is 6.89. The summed E-state index contributed by atoms with van der Waals surface area (Å²) in [5, 5.41) is 17.9. The molecule has 10 heavy (non-hydrogen) atoms. The highest BCUT2D eigenvalue weighted by Gasteiger charge is 2.43. The van der Waals surface area contributed by atoms with E-state index in [1.165, 1.54) is 0 Å². The Kier molecular flexibility index (Phi) is 2.24. The van der Waals surface area contributed by atoms with Crippen molar-refractivity contribution in [3.05, 3.63) is 0 Å². The van der Waals surface area contributed by atoms with Gasteiger partial charge in [0.2, 0.25) is 0 Å². The Bertz CT molecular complexity index is 126. The maximum Gasteiger partial charge on any atom is 0.104 e. The third kappa shape index (κ3) is 1.29. The summed E-state index contributed by atoms with van der Waals surface area (Å²) in [5.74, 6) is 0. The second kappa shape index (κ2) is 2.70. The molecule has 0 saturated carbocycles. The fourth-order valence-corrected chi connectivity index (χ4v) is 1.83. The Morgan fingerprint density at radius 2 is 2.20 bits per heavy atom. The summed E-state index contributed by atoms with van der Waals surface area (Å²) in [6.45, 7) is 3.58. The molecule has 0 radical (unpaired) electrons. The van der Waals surface area contributed by atoms with Gasteiger partial charge >= 0.3 is 0 Å². The molecule has 0 unspecified atom stereocenters. The number of hydrogen-bond donors (Lipinski definition) is 2. The van der Waals surface area contributed by atoms with Crippen molar-refractivity contribution in [1.82, 2.24) is 0 Å². The summed E-state index contributed by atoms with van der Waals surface area (Å²) in [7, 11) is 0. The Labute approximate surface area is 64.6 Å². The smallest absolute Gasteiger partial charge is 0.104 e. The third-order valence-electron chi connectivity index (χ3n) is 1.63. The van der Waals surface area contributed by atoms with E-state index in [4.69, 9.17) is 9.29 Å². The molecule has 0 aromatic heterocycles. The molecule has 1 saturated heterocycles. The van der Waals surface area contributed by atoms with Gasteiger partial charge in [-0.1, -0.05) is 0 Å². The van der Waals surface area contributed by atoms with E-state index in [-0.39, 0.29) is 11.9 Å². The van der Waals surface area contributed by atoms with Crippen LogP contribution >= 0.6 is 12.0 Å². The third-order valence-corrected chi connectivity index (χ3v) is 2.81. The van der Waals surface area contributed by atoms with Crippen molar-refractivity contribution in [2.24, 2.45) is 0 Å². The number of rotatable bonds is 1. The topological polar surface area (TPSA) is 49.7 Å². The lowest BCUT2D eigenvalue weighted by Crippen LogP contribution is -2.38. The van der Waals surface area contributed by atoms with Crippen molar-refractivity contribution < 1.29 is 14.4 Å². The highest BCUT2D eigenvalue weighted by atomic mass is 32.2. The van der Waals surface area contributed by atoms with Gasteiger partial charge in [-0.2, -0.15) is 0 Å². The highest BCUT2D eigenvalue weighted by molar-refractivity contribution is 7.95. The van der Waals surface area contributed by atoms with Gasteiger partial charge in [-0.25, -0.2) is 0 Å². The highest BCUT2D eigenvalue weighted by Crippen LogP contribution is 2.37. The minimum atomic E-state index is -0.567. The van der Waals surface area contributed by atoms with Crippen molar-refractivity contribution >= 4 is 12.0 Å². The first kappa shape index (κ1) is 8.33. The Hall–Kier alpha value is 0.230. The van der Waals surface area contributed by atoms with Crippen molar-refractivity contribution in [3.63, 3.8) is 0 Å². The van der Waals surface area contributed by atoms with E-state index in [0.29, 0.717) is 0 Å². The van der Waals surface area contributed by atoms with Gasteiger partial charge < -0.3 is 14.4 Å². The lowest BCUT2D eigenvalue weighted by atomic mass is 9.99. The van der Waals surface area contributed by atoms with Crippen LogP contribution < -0.4 is 0 Å². The summed E-state index contributed by atoms with van der Waals surface area (Å²) in [6, 6.07) is 0. The molecule has 2 atom stereocenters. The molecular weight excluding hydrogens is 152 g/mol. The van der Waals surface area contributed by atoms with Gasteiger partial charge in [0, 0.05) is 12.0 Å². The maximum atomic E-state index is 9.41. The zero-order valence-electron chi connectivity index (χ0n) is 6.07. The van der Waals surface area contributed by atoms with Crippen LogP contribution in [-0.2, 0) is 4.18 Å². The largest absolute Gasteiger partial charge is 0.395 e. The van der Waals surface area contributed by atoms with Crippen LogP contribution in [0, 0.1) is 0 Å². The Morgan fingerprint density at radius 3 is 2.40 bits per heavy atom. The van der Waals surface area contributed by atoms with Crippen LogP contribution in [-0.4, -0.2) is 33.8 Å². The van der Waals surface area contributed by atoms with Crippen molar-refractivity contribution in [3.8, 4) is 0 Å². The molecule has 1 heterocycles. The van der Waals surface area contributed by atoms with E-state index in [2.05, 4.69) is 0 Å². The first-order chi connectivity index (χ1) is 4.58. The molecule has 0 spiro atoms. The van der Waals surface area contributed by atoms with E-state index in [1.54, 1.807) is 13.8 Å². The molecule has 1 rings (SSSR count). The number of aliphatic hydroxyl groups is 2. The molecule has 1 fully saturated rings. The molecule has 4 heteroatoms. The van der Waals surface area contributed by atoms with E-state index in [9.17, 15) is 5.11 Å². The first-order valence-corrected chi connectivity index (χ1v) is 4.02. The summed E-state index contributed by atoms with van der Waals surface area (Å²) >= 11 is 1.16. The zero-order chi connectivity index (χ0) is 7.78. The molecule has 0 bridgehead atoms. The van der Waals surface area contributed by atoms with Gasteiger partial charge in [-0.05, 0) is 13.8 Å². The molecule has 1 aliphatic rings. The quantitative estimate of drug-likeness (QED) is 0.542. The van der Waals surface area contributed by atoms with E-state index >= 15 is 0 Å². The van der Waals surface area contributed by atoms with Gasteiger partial charge in [-0.3, -0.25) is 0 Å². The fourth-order valence-electron chi connectivity index (χ4n) is 0.866. The van der Waals surface area contributed by atoms with Crippen molar-refractivity contribution in [2.75, 3.05) is 6.61 Å². The summed E-state index contributed by atoms with van der Waals surface area (Å²) in [6.07, 6.45) is -0.567. The molecule has 3 nitrogen and oxygen atoms in total. The molecule has 0 amide bonds. The normalized spacial score (nSPS) is 38.4. The van der Waals surface area contributed by atoms with Crippen LogP contribution in [0.2, 0.25) is 0 Å². The standard InChI is InChI=1S/C6H12O3S/c1-6(2)5(8)4(3-7)10-9-6/h4-5,7-8H,3H2,1-2H3/t4-,5+/m1/s1. The SMILES string of the molecule is CC1(C)OS[C@H](CO)[C@@H]1O. The molecule has 60 valence electrons. The summed E-state index contributed by atoms with van der Waals surface area (Å²) in [5.41, 5.74) is -0.516. The average Bonchev–Trinajstić information content (AvgIpc) is 2.10. The number of aliphatic hydroxyl groups excluding tert-OH is 2. The van der Waals surface area contributed by atoms with E-state index in [1.807, 2.05) is 0 Å². The van der Waals surface area contributed by atoms with E-state index in [0.717, 1.165) is 12.0 Å². The molecule has 2 N–H and O–H groups in total. The van der Waals surface area contributed by atoms with Crippen molar-refractivity contribution in [1.29, 1.82) is 0 Å². The van der Waals surface area contributed by atoms with Crippen LogP contribution in [0.15, 0.2) is 0 Å². The van der Waals surface area contributed by atoms with Gasteiger partial charge in [0.05, 0.1) is 18.0 Å². The second-order valence-corrected chi connectivity index (χ2v) is 3.91. The predicted molar refractivity (Wildman–Crippen MR) is 39.6 cm³/mol. The molecule has 0 aromatic rings. The number of hydrogen-bond acceptors (Lipinski definition) is 4. The fraction of sp³-hybridized carbons (Fsp3) is 1.00. The van der Waals surface area contributed by atoms with Crippen LogP contribution in [0.3, 0.4) is 0 Å². The first-order valence-electron chi connectivity index (χ1n) is 3.21. The Morgan fingerprint density at radius 1 is 1.60 bits per heavy atom. The monoisotopic (exact) mass is 164 g/mol. The van der Waals surface area contributed by atoms with Crippen LogP contribution in [0.4, 0.5) is 0 Å². The predicted octanol–water partition coefficient (Wildman–Crippen LogP) is 0.165. The molecule has 0 aliphatic carbocycles. The van der Waals surface area contributed by atoms with Crippen LogP contribution in [0.25, 0.3) is 0 Å². The minimum absolute atomic E-state index is 0.0325. The van der Waals surface area contributed by atoms with Crippen LogP contribution in [0.1, 0.15) is 13.8 Å². The lowest BCUT2D eigenvalue weighted by molar-refractivity contribution is 0.00300. The minimum Gasteiger partial charge on any atom is -0.395 e. The van der Waals surface area contributed by atoms with Gasteiger partial charge in [0.25, 0.3) is 0 Å². The molecule has 0 aromatic carbocycles. The van der Waals surface area contributed by atoms with Gasteiger partial charge in [0.15, 0.2) is 0 Å². The lowest BCUT2D eigenvalue weighted by Gasteiger charge is -2.20. The average molecular weight is 164 g/mol. The van der Waals surface area contributed by atoms with Crippen LogP contribution in [0.5, 0.6) is 0 Å². The molecular formula is C6H12O3S. The van der Waals surface area contributed by atoms with Gasteiger partial charge in [0.1, 0.15) is 5.60 Å². The van der Waals surface area contributed by atoms with Gasteiger partial charge in [-0.15, -0.1) is 0 Å². The Balaban J connectivity index is 2.58. The second-order valence-electron chi connectivity index (χ2n) is 2.95.